The number of carbonyl (C=O) groups excluding carboxylic acids is 1. The number of hydrogen-bond donors (Lipinski definition) is 1. The second-order valence-corrected chi connectivity index (χ2v) is 9.14. The van der Waals surface area contributed by atoms with Crippen LogP contribution in [0.3, 0.4) is 0 Å². The smallest absolute Gasteiger partial charge is 0.416 e. The van der Waals surface area contributed by atoms with Crippen LogP contribution in [0.1, 0.15) is 40.7 Å². The van der Waals surface area contributed by atoms with Gasteiger partial charge in [-0.15, -0.1) is 12.8 Å². The van der Waals surface area contributed by atoms with Gasteiger partial charge in [0.05, 0.1) is 11.6 Å². The van der Waals surface area contributed by atoms with Crippen molar-refractivity contribution in [2.75, 3.05) is 13.6 Å². The topological polar surface area (TPSA) is 41.6 Å². The fraction of sp³-hybridized carbons (Fsp3) is 0.323. The van der Waals surface area contributed by atoms with E-state index in [4.69, 9.17) is 4.74 Å². The van der Waals surface area contributed by atoms with Gasteiger partial charge in [-0.2, -0.15) is 13.2 Å². The van der Waals surface area contributed by atoms with E-state index < -0.39 is 11.7 Å². The van der Waals surface area contributed by atoms with Crippen LogP contribution >= 0.6 is 0 Å². The number of carbonyl (C=O) groups is 1. The number of ether oxygens (including phenoxy) is 1. The van der Waals surface area contributed by atoms with E-state index in [-0.39, 0.29) is 18.6 Å². The van der Waals surface area contributed by atoms with Crippen molar-refractivity contribution in [2.24, 2.45) is 0 Å². The van der Waals surface area contributed by atoms with Crippen molar-refractivity contribution in [3.63, 3.8) is 0 Å². The average Bonchev–Trinajstić information content (AvgIpc) is 3.35. The van der Waals surface area contributed by atoms with Gasteiger partial charge in [-0.1, -0.05) is 59.7 Å². The van der Waals surface area contributed by atoms with Crippen LogP contribution in [0.5, 0.6) is 5.75 Å². The number of terminal acetylenes is 1. The molecule has 38 heavy (non-hydrogen) atoms. The predicted octanol–water partition coefficient (Wildman–Crippen LogP) is 6.55. The van der Waals surface area contributed by atoms with Crippen LogP contribution in [0.4, 0.5) is 13.2 Å². The molecule has 1 N–H and O–H groups in total. The summed E-state index contributed by atoms with van der Waals surface area (Å²) in [6.07, 6.45) is 5.56. The molecule has 0 aromatic heterocycles. The molecule has 0 spiro atoms. The number of rotatable bonds is 6. The van der Waals surface area contributed by atoms with Crippen molar-refractivity contribution < 1.29 is 22.7 Å². The lowest BCUT2D eigenvalue weighted by Crippen LogP contribution is -2.41. The highest BCUT2D eigenvalue weighted by molar-refractivity contribution is 5.82. The summed E-state index contributed by atoms with van der Waals surface area (Å²) in [5, 5.41) is 2.95. The highest BCUT2D eigenvalue weighted by atomic mass is 19.4. The molecule has 3 aromatic rings. The molecule has 1 aliphatic rings. The SMILES string of the molecule is C#C.CN1CCCC1C(=O)NCc1cccc(OCc2ccc(C(F)(F)F)cc2)c1.Cc1ccc(C)cc1. The quantitative estimate of drug-likeness (QED) is 0.372. The lowest BCUT2D eigenvalue weighted by atomic mass is 10.1. The molecule has 1 atom stereocenters. The number of likely N-dealkylation sites (tertiary alicyclic amines) is 1. The number of halogens is 3. The monoisotopic (exact) mass is 524 g/mol. The summed E-state index contributed by atoms with van der Waals surface area (Å²) in [6.45, 7) is 5.70. The zero-order valence-corrected chi connectivity index (χ0v) is 22.1. The molecule has 0 bridgehead atoms. The number of aryl methyl sites for hydroxylation is 2. The molecule has 4 rings (SSSR count). The Balaban J connectivity index is 0.000000428. The largest absolute Gasteiger partial charge is 0.489 e. The first-order valence-electron chi connectivity index (χ1n) is 12.3. The van der Waals surface area contributed by atoms with Gasteiger partial charge >= 0.3 is 6.18 Å². The van der Waals surface area contributed by atoms with Gasteiger partial charge in [-0.25, -0.2) is 0 Å². The van der Waals surface area contributed by atoms with E-state index in [2.05, 4.69) is 61.2 Å². The van der Waals surface area contributed by atoms with Crippen LogP contribution in [0, 0.1) is 26.7 Å². The van der Waals surface area contributed by atoms with Gasteiger partial charge in [0.2, 0.25) is 5.91 Å². The molecule has 1 saturated heterocycles. The Kier molecular flexibility index (Phi) is 11.9. The molecule has 0 radical (unpaired) electrons. The highest BCUT2D eigenvalue weighted by Gasteiger charge is 2.30. The fourth-order valence-corrected chi connectivity index (χ4v) is 3.89. The van der Waals surface area contributed by atoms with Crippen LogP contribution in [-0.4, -0.2) is 30.4 Å². The Morgan fingerprint density at radius 1 is 0.974 bits per heavy atom. The molecular weight excluding hydrogens is 489 g/mol. The standard InChI is InChI=1S/C21H23F3N2O2.C8H10.C2H2/c1-26-11-3-6-19(26)20(27)25-13-16-4-2-5-18(12-16)28-14-15-7-9-17(10-8-15)21(22,23)24;1-7-3-5-8(2)6-4-7;1-2/h2,4-5,7-10,12,19H,3,6,11,13-14H2,1H3,(H,25,27);3-6H,1-2H3;1-2H. The maximum atomic E-state index is 12.6. The van der Waals surface area contributed by atoms with E-state index in [1.165, 1.54) is 23.3 Å². The molecule has 202 valence electrons. The van der Waals surface area contributed by atoms with E-state index in [9.17, 15) is 18.0 Å². The second-order valence-electron chi connectivity index (χ2n) is 9.14. The molecule has 4 nitrogen and oxygen atoms in total. The molecule has 0 saturated carbocycles. The molecule has 7 heteroatoms. The minimum absolute atomic E-state index is 0.0241. The van der Waals surface area contributed by atoms with Gasteiger partial charge in [-0.3, -0.25) is 9.69 Å². The Hall–Kier alpha value is -3.76. The highest BCUT2D eigenvalue weighted by Crippen LogP contribution is 2.29. The first-order valence-corrected chi connectivity index (χ1v) is 12.3. The van der Waals surface area contributed by atoms with E-state index in [0.29, 0.717) is 17.9 Å². The summed E-state index contributed by atoms with van der Waals surface area (Å²) in [4.78, 5) is 14.3. The zero-order valence-electron chi connectivity index (χ0n) is 22.1. The molecule has 1 heterocycles. The molecule has 0 aliphatic carbocycles. The summed E-state index contributed by atoms with van der Waals surface area (Å²) in [5.74, 6) is 0.626. The number of nitrogens with one attached hydrogen (secondary N) is 1. The third-order valence-corrected chi connectivity index (χ3v) is 6.09. The average molecular weight is 525 g/mol. The zero-order chi connectivity index (χ0) is 28.1. The third-order valence-electron chi connectivity index (χ3n) is 6.09. The van der Waals surface area contributed by atoms with Crippen LogP contribution in [0.25, 0.3) is 0 Å². The molecule has 1 fully saturated rings. The number of likely N-dealkylation sites (N-methyl/N-ethyl adjacent to an activating group) is 1. The van der Waals surface area contributed by atoms with E-state index in [1.54, 1.807) is 6.07 Å². The molecule has 1 amide bonds. The molecule has 1 aliphatic heterocycles. The lowest BCUT2D eigenvalue weighted by Gasteiger charge is -2.18. The summed E-state index contributed by atoms with van der Waals surface area (Å²) in [7, 11) is 1.95. The molecular formula is C31H35F3N2O2. The maximum absolute atomic E-state index is 12.6. The van der Waals surface area contributed by atoms with Gasteiger partial charge in [0.25, 0.3) is 0 Å². The van der Waals surface area contributed by atoms with Crippen LogP contribution in [-0.2, 0) is 24.1 Å². The van der Waals surface area contributed by atoms with E-state index in [0.717, 1.165) is 37.1 Å². The number of nitrogens with zero attached hydrogens (tertiary/aromatic N) is 1. The minimum Gasteiger partial charge on any atom is -0.489 e. The second kappa shape index (κ2) is 14.8. The Morgan fingerprint density at radius 2 is 1.58 bits per heavy atom. The summed E-state index contributed by atoms with van der Waals surface area (Å²) < 4.78 is 43.5. The van der Waals surface area contributed by atoms with Crippen molar-refractivity contribution >= 4 is 5.91 Å². The van der Waals surface area contributed by atoms with Gasteiger partial charge < -0.3 is 10.1 Å². The van der Waals surface area contributed by atoms with Crippen LogP contribution in [0.2, 0.25) is 0 Å². The lowest BCUT2D eigenvalue weighted by molar-refractivity contribution is -0.137. The number of amides is 1. The van der Waals surface area contributed by atoms with Crippen molar-refractivity contribution in [3.05, 3.63) is 101 Å². The van der Waals surface area contributed by atoms with Gasteiger partial charge in [0.1, 0.15) is 12.4 Å². The fourth-order valence-electron chi connectivity index (χ4n) is 3.89. The maximum Gasteiger partial charge on any atom is 0.416 e. The van der Waals surface area contributed by atoms with Crippen molar-refractivity contribution in [3.8, 4) is 18.6 Å². The summed E-state index contributed by atoms with van der Waals surface area (Å²) in [5.41, 5.74) is 3.53. The number of alkyl halides is 3. The van der Waals surface area contributed by atoms with Crippen molar-refractivity contribution in [1.29, 1.82) is 0 Å². The van der Waals surface area contributed by atoms with Crippen LogP contribution in [0.15, 0.2) is 72.8 Å². The Labute approximate surface area is 223 Å². The van der Waals surface area contributed by atoms with E-state index >= 15 is 0 Å². The Bertz CT molecular complexity index is 1140. The first kappa shape index (κ1) is 30.5. The first-order chi connectivity index (χ1) is 18.1. The van der Waals surface area contributed by atoms with Crippen molar-refractivity contribution in [2.45, 2.75) is 52.1 Å². The van der Waals surface area contributed by atoms with Gasteiger partial charge in [-0.05, 0) is 75.7 Å². The van der Waals surface area contributed by atoms with Crippen LogP contribution < -0.4 is 10.1 Å². The number of hydrogen-bond acceptors (Lipinski definition) is 3. The van der Waals surface area contributed by atoms with Gasteiger partial charge in [0.15, 0.2) is 0 Å². The minimum atomic E-state index is -4.34. The molecule has 3 aromatic carbocycles. The van der Waals surface area contributed by atoms with Crippen molar-refractivity contribution in [1.82, 2.24) is 10.2 Å². The summed E-state index contributed by atoms with van der Waals surface area (Å²) in [6, 6.07) is 20.6. The normalized spacial score (nSPS) is 14.9. The van der Waals surface area contributed by atoms with Gasteiger partial charge in [0, 0.05) is 6.54 Å². The summed E-state index contributed by atoms with van der Waals surface area (Å²) >= 11 is 0. The van der Waals surface area contributed by atoms with E-state index in [1.807, 2.05) is 25.2 Å². The number of benzene rings is 3. The molecule has 1 unspecified atom stereocenters. The predicted molar refractivity (Wildman–Crippen MR) is 146 cm³/mol. The Morgan fingerprint density at radius 3 is 2.11 bits per heavy atom. The third kappa shape index (κ3) is 9.95.